The number of carbonyl (C=O) groups is 1. The van der Waals surface area contributed by atoms with Crippen molar-refractivity contribution in [1.82, 2.24) is 0 Å². The third-order valence-corrected chi connectivity index (χ3v) is 6.95. The molecule has 0 spiro atoms. The van der Waals surface area contributed by atoms with Crippen LogP contribution in [-0.4, -0.2) is 38.4 Å². The third-order valence-electron chi connectivity index (χ3n) is 6.95. The summed E-state index contributed by atoms with van der Waals surface area (Å²) in [7, 11) is 0. The molecule has 2 saturated carbocycles. The van der Waals surface area contributed by atoms with Crippen LogP contribution in [-0.2, 0) is 11.2 Å². The average Bonchev–Trinajstić information content (AvgIpc) is 2.77. The van der Waals surface area contributed by atoms with Gasteiger partial charge in [0, 0.05) is 11.1 Å². The molecule has 0 heterocycles. The summed E-state index contributed by atoms with van der Waals surface area (Å²) in [6, 6.07) is 13.7. The molecular weight excluding hydrogens is 380 g/mol. The molecule has 0 saturated heterocycles. The molecule has 4 atom stereocenters. The summed E-state index contributed by atoms with van der Waals surface area (Å²) in [5.41, 5.74) is -1.45. The van der Waals surface area contributed by atoms with Crippen molar-refractivity contribution in [2.45, 2.75) is 74.8 Å². The number of aliphatic hydroxyl groups excluding tert-OH is 2. The fourth-order valence-electron chi connectivity index (χ4n) is 5.17. The number of benzene rings is 2. The maximum Gasteiger partial charge on any atom is 0.193 e. The molecule has 0 bridgehead atoms. The normalized spacial score (nSPS) is 32.0. The van der Waals surface area contributed by atoms with Gasteiger partial charge in [-0.3, -0.25) is 4.79 Å². The third kappa shape index (κ3) is 3.50. The second-order valence-electron chi connectivity index (χ2n) is 8.79. The predicted octanol–water partition coefficient (Wildman–Crippen LogP) is 3.16. The Balaban J connectivity index is 1.80. The smallest absolute Gasteiger partial charge is 0.193 e. The maximum absolute atomic E-state index is 13.7. The van der Waals surface area contributed by atoms with Gasteiger partial charge in [-0.1, -0.05) is 74.2 Å². The molecule has 4 N–H and O–H groups in total. The largest absolute Gasteiger partial charge is 0.390 e. The van der Waals surface area contributed by atoms with Crippen molar-refractivity contribution in [2.75, 3.05) is 0 Å². The zero-order chi connectivity index (χ0) is 21.4. The summed E-state index contributed by atoms with van der Waals surface area (Å²) >= 11 is 0. The average molecular weight is 411 g/mol. The molecule has 2 aliphatic rings. The summed E-state index contributed by atoms with van der Waals surface area (Å²) < 4.78 is 0. The fourth-order valence-corrected chi connectivity index (χ4v) is 5.17. The van der Waals surface area contributed by atoms with E-state index in [-0.39, 0.29) is 5.78 Å². The van der Waals surface area contributed by atoms with Gasteiger partial charge >= 0.3 is 0 Å². The van der Waals surface area contributed by atoms with Gasteiger partial charge in [-0.2, -0.15) is 0 Å². The summed E-state index contributed by atoms with van der Waals surface area (Å²) in [6.45, 7) is 0. The zero-order valence-electron chi connectivity index (χ0n) is 17.1. The van der Waals surface area contributed by atoms with E-state index < -0.39 is 23.4 Å². The minimum atomic E-state index is -1.47. The minimum absolute atomic E-state index is 0.321. The highest BCUT2D eigenvalue weighted by Gasteiger charge is 2.44. The van der Waals surface area contributed by atoms with Gasteiger partial charge in [-0.25, -0.2) is 0 Å². The quantitative estimate of drug-likeness (QED) is 0.581. The van der Waals surface area contributed by atoms with Gasteiger partial charge in [0.05, 0.1) is 12.2 Å². The van der Waals surface area contributed by atoms with Crippen molar-refractivity contribution in [3.63, 3.8) is 0 Å². The van der Waals surface area contributed by atoms with Gasteiger partial charge in [0.25, 0.3) is 0 Å². The van der Waals surface area contributed by atoms with Crippen molar-refractivity contribution in [3.8, 4) is 0 Å². The van der Waals surface area contributed by atoms with E-state index in [2.05, 4.69) is 0 Å². The van der Waals surface area contributed by atoms with Gasteiger partial charge in [0.15, 0.2) is 5.78 Å². The van der Waals surface area contributed by atoms with Crippen LogP contribution in [0, 0.1) is 0 Å². The summed E-state index contributed by atoms with van der Waals surface area (Å²) in [5, 5.41) is 43.7. The predicted molar refractivity (Wildman–Crippen MR) is 113 cm³/mol. The molecule has 160 valence electrons. The number of hydrogen-bond donors (Lipinski definition) is 4. The Kier molecular flexibility index (Phi) is 5.82. The Morgan fingerprint density at radius 2 is 1.10 bits per heavy atom. The first-order valence-electron chi connectivity index (χ1n) is 10.9. The lowest BCUT2D eigenvalue weighted by atomic mass is 9.73. The van der Waals surface area contributed by atoms with Crippen LogP contribution in [0.3, 0.4) is 0 Å². The molecule has 4 unspecified atom stereocenters. The van der Waals surface area contributed by atoms with E-state index in [1.54, 1.807) is 48.5 Å². The summed E-state index contributed by atoms with van der Waals surface area (Å²) in [6.07, 6.45) is 3.13. The molecule has 2 aliphatic carbocycles. The van der Waals surface area contributed by atoms with Crippen LogP contribution in [0.25, 0.3) is 0 Å². The van der Waals surface area contributed by atoms with Crippen molar-refractivity contribution < 1.29 is 25.2 Å². The molecule has 5 nitrogen and oxygen atoms in total. The molecule has 0 amide bonds. The molecule has 30 heavy (non-hydrogen) atoms. The lowest BCUT2D eigenvalue weighted by Crippen LogP contribution is -2.44. The Morgan fingerprint density at radius 3 is 1.50 bits per heavy atom. The van der Waals surface area contributed by atoms with Crippen LogP contribution in [0.1, 0.15) is 78.4 Å². The van der Waals surface area contributed by atoms with Gasteiger partial charge in [0.1, 0.15) is 11.2 Å². The molecule has 5 heteroatoms. The van der Waals surface area contributed by atoms with E-state index in [4.69, 9.17) is 0 Å². The minimum Gasteiger partial charge on any atom is -0.390 e. The highest BCUT2D eigenvalue weighted by molar-refractivity contribution is 6.11. The molecule has 0 aliphatic heterocycles. The van der Waals surface area contributed by atoms with Gasteiger partial charge < -0.3 is 20.4 Å². The van der Waals surface area contributed by atoms with E-state index in [1.165, 1.54) is 0 Å². The second-order valence-corrected chi connectivity index (χ2v) is 8.79. The summed E-state index contributed by atoms with van der Waals surface area (Å²) in [4.78, 5) is 13.7. The van der Waals surface area contributed by atoms with Gasteiger partial charge in [-0.05, 0) is 36.8 Å². The first kappa shape index (κ1) is 21.2. The van der Waals surface area contributed by atoms with Crippen molar-refractivity contribution in [1.29, 1.82) is 0 Å². The van der Waals surface area contributed by atoms with Crippen LogP contribution >= 0.6 is 0 Å². The monoisotopic (exact) mass is 410 g/mol. The van der Waals surface area contributed by atoms with E-state index in [1.807, 2.05) is 0 Å². The lowest BCUT2D eigenvalue weighted by molar-refractivity contribution is -0.106. The van der Waals surface area contributed by atoms with Crippen LogP contribution in [0.15, 0.2) is 48.5 Å². The number of rotatable bonds is 4. The van der Waals surface area contributed by atoms with Gasteiger partial charge in [0.2, 0.25) is 0 Å². The Hall–Kier alpha value is -2.05. The number of ketones is 1. The number of hydrogen-bond acceptors (Lipinski definition) is 5. The lowest BCUT2D eigenvalue weighted by Gasteiger charge is -2.39. The first-order chi connectivity index (χ1) is 14.4. The van der Waals surface area contributed by atoms with Gasteiger partial charge in [-0.15, -0.1) is 0 Å². The number of aliphatic hydroxyl groups is 4. The van der Waals surface area contributed by atoms with Crippen molar-refractivity contribution >= 4 is 5.78 Å². The molecule has 4 rings (SSSR count). The molecule has 2 aromatic rings. The maximum atomic E-state index is 13.7. The van der Waals surface area contributed by atoms with E-state index in [9.17, 15) is 25.2 Å². The van der Waals surface area contributed by atoms with Crippen LogP contribution in [0.5, 0.6) is 0 Å². The zero-order valence-corrected chi connectivity index (χ0v) is 17.1. The Morgan fingerprint density at radius 1 is 0.700 bits per heavy atom. The van der Waals surface area contributed by atoms with E-state index >= 15 is 0 Å². The fraction of sp³-hybridized carbons (Fsp3) is 0.480. The van der Waals surface area contributed by atoms with Crippen molar-refractivity contribution in [2.24, 2.45) is 0 Å². The van der Waals surface area contributed by atoms with Crippen molar-refractivity contribution in [3.05, 3.63) is 70.8 Å². The van der Waals surface area contributed by atoms with Crippen LogP contribution < -0.4 is 0 Å². The topological polar surface area (TPSA) is 98.0 Å². The Bertz CT molecular complexity index is 852. The second kappa shape index (κ2) is 8.23. The van der Waals surface area contributed by atoms with Crippen LogP contribution in [0.4, 0.5) is 0 Å². The van der Waals surface area contributed by atoms with E-state index in [0.717, 1.165) is 25.7 Å². The highest BCUT2D eigenvalue weighted by atomic mass is 16.3. The number of carbonyl (C=O) groups excluding carboxylic acids is 1. The standard InChI is InChI=1S/C25H30O5/c26-21-13-5-7-15-24(21,29)19-11-3-1-9-17(19)23(28)18-10-2-4-12-20(18)25(30)16-8-6-14-22(25)27/h1-4,9-12,21-22,26-27,29-30H,5-8,13-16H2. The first-order valence-corrected chi connectivity index (χ1v) is 10.9. The molecule has 0 radical (unpaired) electrons. The molecule has 0 aromatic heterocycles. The molecule has 2 aromatic carbocycles. The summed E-state index contributed by atoms with van der Waals surface area (Å²) in [5.74, 6) is -0.321. The Labute approximate surface area is 177 Å². The molecule has 2 fully saturated rings. The highest BCUT2D eigenvalue weighted by Crippen LogP contribution is 2.42. The molecular formula is C25H30O5. The van der Waals surface area contributed by atoms with Crippen LogP contribution in [0.2, 0.25) is 0 Å². The van der Waals surface area contributed by atoms with E-state index in [0.29, 0.717) is 47.9 Å². The SMILES string of the molecule is O=C(c1ccccc1C1(O)CCCCC1O)c1ccccc1C1(O)CCCCC1O.